The van der Waals surface area contributed by atoms with E-state index in [0.29, 0.717) is 12.6 Å². The summed E-state index contributed by atoms with van der Waals surface area (Å²) in [6.45, 7) is 5.32. The standard InChI is InChI=1S/C16H22N4OS/c1-11-16(12(2)19(3)18-11)17-15(21)10-20-8-4-6-13(20)14-7-5-9-22-14/h5,7,9,13H,4,6,8,10H2,1-3H3,(H,17,21)/t13-/m0/s1. The molecule has 0 bridgehead atoms. The summed E-state index contributed by atoms with van der Waals surface area (Å²) in [7, 11) is 1.89. The molecule has 0 unspecified atom stereocenters. The number of aryl methyl sites for hydroxylation is 2. The van der Waals surface area contributed by atoms with Crippen LogP contribution in [0.1, 0.15) is 35.1 Å². The van der Waals surface area contributed by atoms with E-state index >= 15 is 0 Å². The Morgan fingerprint density at radius 2 is 2.32 bits per heavy atom. The van der Waals surface area contributed by atoms with Gasteiger partial charge in [0.05, 0.1) is 23.6 Å². The van der Waals surface area contributed by atoms with Crippen molar-refractivity contribution in [1.82, 2.24) is 14.7 Å². The third kappa shape index (κ3) is 2.94. The van der Waals surface area contributed by atoms with E-state index in [1.54, 1.807) is 16.0 Å². The molecule has 1 aliphatic heterocycles. The number of hydrogen-bond donors (Lipinski definition) is 1. The molecule has 2 aromatic rings. The third-order valence-electron chi connectivity index (χ3n) is 4.36. The number of carbonyl (C=O) groups excluding carboxylic acids is 1. The molecule has 1 N–H and O–H groups in total. The van der Waals surface area contributed by atoms with Crippen LogP contribution in [0.2, 0.25) is 0 Å². The molecule has 118 valence electrons. The van der Waals surface area contributed by atoms with Crippen LogP contribution in [0.4, 0.5) is 5.69 Å². The number of thiophene rings is 1. The van der Waals surface area contributed by atoms with E-state index in [2.05, 4.69) is 32.8 Å². The molecule has 3 rings (SSSR count). The van der Waals surface area contributed by atoms with Crippen molar-refractivity contribution in [2.24, 2.45) is 7.05 Å². The molecule has 2 aromatic heterocycles. The van der Waals surface area contributed by atoms with Crippen molar-refractivity contribution in [2.75, 3.05) is 18.4 Å². The SMILES string of the molecule is Cc1nn(C)c(C)c1NC(=O)CN1CCC[C@H]1c1cccs1. The molecule has 0 aliphatic carbocycles. The minimum Gasteiger partial charge on any atom is -0.322 e. The summed E-state index contributed by atoms with van der Waals surface area (Å²) in [6.07, 6.45) is 2.29. The van der Waals surface area contributed by atoms with E-state index in [-0.39, 0.29) is 5.91 Å². The summed E-state index contributed by atoms with van der Waals surface area (Å²) in [6, 6.07) is 4.64. The Kier molecular flexibility index (Phi) is 4.31. The molecule has 1 amide bonds. The van der Waals surface area contributed by atoms with Gasteiger partial charge < -0.3 is 5.32 Å². The van der Waals surface area contributed by atoms with E-state index in [0.717, 1.165) is 36.5 Å². The lowest BCUT2D eigenvalue weighted by Crippen LogP contribution is -2.32. The summed E-state index contributed by atoms with van der Waals surface area (Å²) in [5.74, 6) is 0.0441. The predicted molar refractivity (Wildman–Crippen MR) is 89.2 cm³/mol. The normalized spacial score (nSPS) is 18.8. The molecule has 6 heteroatoms. The lowest BCUT2D eigenvalue weighted by atomic mass is 10.2. The first-order valence-corrected chi connectivity index (χ1v) is 8.51. The minimum absolute atomic E-state index is 0.0441. The molecule has 5 nitrogen and oxygen atoms in total. The quantitative estimate of drug-likeness (QED) is 0.943. The Bertz CT molecular complexity index is 662. The van der Waals surface area contributed by atoms with Crippen LogP contribution < -0.4 is 5.32 Å². The van der Waals surface area contributed by atoms with Crippen LogP contribution in [0.25, 0.3) is 0 Å². The van der Waals surface area contributed by atoms with Crippen LogP contribution >= 0.6 is 11.3 Å². The Morgan fingerprint density at radius 3 is 2.95 bits per heavy atom. The molecule has 0 aromatic carbocycles. The van der Waals surface area contributed by atoms with E-state index in [1.165, 1.54) is 4.88 Å². The molecule has 3 heterocycles. The van der Waals surface area contributed by atoms with Crippen molar-refractivity contribution in [2.45, 2.75) is 32.7 Å². The Hall–Kier alpha value is -1.66. The second-order valence-electron chi connectivity index (χ2n) is 5.86. The van der Waals surface area contributed by atoms with Gasteiger partial charge >= 0.3 is 0 Å². The number of nitrogens with zero attached hydrogens (tertiary/aromatic N) is 3. The van der Waals surface area contributed by atoms with E-state index in [9.17, 15) is 4.79 Å². The van der Waals surface area contributed by atoms with Gasteiger partial charge in [-0.1, -0.05) is 6.07 Å². The van der Waals surface area contributed by atoms with Crippen LogP contribution in [0.5, 0.6) is 0 Å². The summed E-state index contributed by atoms with van der Waals surface area (Å²) >= 11 is 1.78. The van der Waals surface area contributed by atoms with Crippen LogP contribution in [0.15, 0.2) is 17.5 Å². The number of nitrogens with one attached hydrogen (secondary N) is 1. The number of rotatable bonds is 4. The number of amides is 1. The largest absolute Gasteiger partial charge is 0.322 e. The lowest BCUT2D eigenvalue weighted by Gasteiger charge is -2.22. The predicted octanol–water partition coefficient (Wildman–Crippen LogP) is 2.87. The van der Waals surface area contributed by atoms with Gasteiger partial charge in [-0.25, -0.2) is 0 Å². The topological polar surface area (TPSA) is 50.2 Å². The minimum atomic E-state index is 0.0441. The summed E-state index contributed by atoms with van der Waals surface area (Å²) < 4.78 is 1.80. The van der Waals surface area contributed by atoms with Gasteiger partial charge in [-0.05, 0) is 44.7 Å². The van der Waals surface area contributed by atoms with Crippen molar-refractivity contribution < 1.29 is 4.79 Å². The maximum atomic E-state index is 12.4. The first kappa shape index (κ1) is 15.2. The Balaban J connectivity index is 1.66. The van der Waals surface area contributed by atoms with Gasteiger partial charge in [-0.15, -0.1) is 11.3 Å². The second kappa shape index (κ2) is 6.22. The number of likely N-dealkylation sites (tertiary alicyclic amines) is 1. The molecule has 1 fully saturated rings. The summed E-state index contributed by atoms with van der Waals surface area (Å²) in [5.41, 5.74) is 2.70. The van der Waals surface area contributed by atoms with Crippen molar-refractivity contribution in [1.29, 1.82) is 0 Å². The van der Waals surface area contributed by atoms with Crippen LogP contribution in [0, 0.1) is 13.8 Å². The van der Waals surface area contributed by atoms with Gasteiger partial charge in [-0.3, -0.25) is 14.4 Å². The van der Waals surface area contributed by atoms with Gasteiger partial charge in [0.25, 0.3) is 0 Å². The van der Waals surface area contributed by atoms with Crippen molar-refractivity contribution in [3.8, 4) is 0 Å². The zero-order valence-electron chi connectivity index (χ0n) is 13.3. The Morgan fingerprint density at radius 1 is 1.50 bits per heavy atom. The Labute approximate surface area is 134 Å². The lowest BCUT2D eigenvalue weighted by molar-refractivity contribution is -0.117. The fourth-order valence-electron chi connectivity index (χ4n) is 3.14. The molecule has 1 aliphatic rings. The first-order valence-electron chi connectivity index (χ1n) is 7.63. The number of carbonyl (C=O) groups is 1. The molecule has 1 saturated heterocycles. The molecular weight excluding hydrogens is 296 g/mol. The zero-order valence-corrected chi connectivity index (χ0v) is 14.1. The van der Waals surface area contributed by atoms with Crippen molar-refractivity contribution in [3.05, 3.63) is 33.8 Å². The van der Waals surface area contributed by atoms with Gasteiger partial charge in [0.15, 0.2) is 0 Å². The average Bonchev–Trinajstić information content (AvgIpc) is 3.17. The van der Waals surface area contributed by atoms with Crippen LogP contribution in [-0.2, 0) is 11.8 Å². The first-order chi connectivity index (χ1) is 10.6. The smallest absolute Gasteiger partial charge is 0.238 e. The highest BCUT2D eigenvalue weighted by atomic mass is 32.1. The maximum absolute atomic E-state index is 12.4. The highest BCUT2D eigenvalue weighted by Gasteiger charge is 2.28. The number of hydrogen-bond acceptors (Lipinski definition) is 4. The zero-order chi connectivity index (χ0) is 15.7. The van der Waals surface area contributed by atoms with E-state index in [4.69, 9.17) is 0 Å². The van der Waals surface area contributed by atoms with Gasteiger partial charge in [0.1, 0.15) is 0 Å². The van der Waals surface area contributed by atoms with Crippen molar-refractivity contribution >= 4 is 22.9 Å². The second-order valence-corrected chi connectivity index (χ2v) is 6.84. The molecule has 1 atom stereocenters. The van der Waals surface area contributed by atoms with E-state index < -0.39 is 0 Å². The molecule has 22 heavy (non-hydrogen) atoms. The highest BCUT2D eigenvalue weighted by molar-refractivity contribution is 7.10. The summed E-state index contributed by atoms with van der Waals surface area (Å²) in [5, 5.41) is 9.48. The third-order valence-corrected chi connectivity index (χ3v) is 5.33. The fraction of sp³-hybridized carbons (Fsp3) is 0.500. The van der Waals surface area contributed by atoms with E-state index in [1.807, 2.05) is 20.9 Å². The molecule has 0 saturated carbocycles. The monoisotopic (exact) mass is 318 g/mol. The molecule has 0 radical (unpaired) electrons. The average molecular weight is 318 g/mol. The number of aromatic nitrogens is 2. The molecule has 0 spiro atoms. The maximum Gasteiger partial charge on any atom is 0.238 e. The van der Waals surface area contributed by atoms with Crippen LogP contribution in [-0.4, -0.2) is 33.7 Å². The van der Waals surface area contributed by atoms with Crippen LogP contribution in [0.3, 0.4) is 0 Å². The molecular formula is C16H22N4OS. The number of anilines is 1. The van der Waals surface area contributed by atoms with Gasteiger partial charge in [-0.2, -0.15) is 5.10 Å². The van der Waals surface area contributed by atoms with Crippen molar-refractivity contribution in [3.63, 3.8) is 0 Å². The highest BCUT2D eigenvalue weighted by Crippen LogP contribution is 2.34. The van der Waals surface area contributed by atoms with Gasteiger partial charge in [0.2, 0.25) is 5.91 Å². The van der Waals surface area contributed by atoms with Gasteiger partial charge in [0, 0.05) is 18.0 Å². The summed E-state index contributed by atoms with van der Waals surface area (Å²) in [4.78, 5) is 16.1. The fourth-order valence-corrected chi connectivity index (χ4v) is 4.03.